The van der Waals surface area contributed by atoms with Crippen molar-refractivity contribution in [2.24, 2.45) is 5.41 Å². The van der Waals surface area contributed by atoms with Crippen LogP contribution in [0, 0.1) is 17.0 Å². The molecule has 0 atom stereocenters. The quantitative estimate of drug-likeness (QED) is 0.672. The molecule has 23 heavy (non-hydrogen) atoms. The number of aliphatic hydroxyl groups excluding tert-OH is 1. The highest BCUT2D eigenvalue weighted by Crippen LogP contribution is 2.29. The number of anilines is 1. The summed E-state index contributed by atoms with van der Waals surface area (Å²) >= 11 is 0. The normalized spacial score (nSPS) is 11.2. The molecule has 0 saturated carbocycles. The van der Waals surface area contributed by atoms with Crippen molar-refractivity contribution in [1.82, 2.24) is 5.32 Å². The Morgan fingerprint density at radius 3 is 2.39 bits per heavy atom. The molecule has 2 amide bonds. The number of hydrogen-bond donors (Lipinski definition) is 3. The lowest BCUT2D eigenvalue weighted by Crippen LogP contribution is -2.42. The maximum Gasteiger partial charge on any atom is 0.313 e. The third-order valence-corrected chi connectivity index (χ3v) is 4.15. The second-order valence-corrected chi connectivity index (χ2v) is 5.44. The summed E-state index contributed by atoms with van der Waals surface area (Å²) in [4.78, 5) is 23.6. The van der Waals surface area contributed by atoms with Crippen molar-refractivity contribution in [3.63, 3.8) is 0 Å². The van der Waals surface area contributed by atoms with E-state index in [-0.39, 0.29) is 18.6 Å². The van der Waals surface area contributed by atoms with E-state index in [1.165, 1.54) is 0 Å². The van der Waals surface area contributed by atoms with Crippen LogP contribution in [0.5, 0.6) is 0 Å². The van der Waals surface area contributed by atoms with Crippen LogP contribution in [0.2, 0.25) is 0 Å². The van der Waals surface area contributed by atoms with Crippen molar-refractivity contribution in [3.8, 4) is 0 Å². The van der Waals surface area contributed by atoms with Crippen LogP contribution in [0.15, 0.2) is 18.2 Å². The van der Waals surface area contributed by atoms with Gasteiger partial charge in [0.15, 0.2) is 0 Å². The second-order valence-electron chi connectivity index (χ2n) is 5.44. The van der Waals surface area contributed by atoms with Crippen molar-refractivity contribution in [1.29, 1.82) is 0 Å². The van der Waals surface area contributed by atoms with Crippen molar-refractivity contribution >= 4 is 17.5 Å². The standard InChI is InChI=1S/C16H22F2N2O3/c1-3-16(4-2,7-8-21)10-19-14(22)15(23)20-13-9-11(17)5-6-12(13)18/h5-6,9,21H,3-4,7-8,10H2,1-2H3,(H,19,22)(H,20,23). The number of carbonyl (C=O) groups excluding carboxylic acids is 2. The molecule has 0 fully saturated rings. The topological polar surface area (TPSA) is 78.4 Å². The molecule has 1 rings (SSSR count). The van der Waals surface area contributed by atoms with E-state index in [0.29, 0.717) is 6.42 Å². The van der Waals surface area contributed by atoms with Gasteiger partial charge in [-0.1, -0.05) is 13.8 Å². The number of rotatable bonds is 7. The number of halogens is 2. The summed E-state index contributed by atoms with van der Waals surface area (Å²) in [6, 6.07) is 2.58. The molecule has 0 heterocycles. The third kappa shape index (κ3) is 5.28. The average molecular weight is 328 g/mol. The Kier molecular flexibility index (Phi) is 7.09. The molecule has 0 bridgehead atoms. The van der Waals surface area contributed by atoms with E-state index < -0.39 is 29.1 Å². The first-order valence-corrected chi connectivity index (χ1v) is 7.52. The highest BCUT2D eigenvalue weighted by atomic mass is 19.1. The Morgan fingerprint density at radius 1 is 1.17 bits per heavy atom. The maximum atomic E-state index is 13.4. The summed E-state index contributed by atoms with van der Waals surface area (Å²) in [6.45, 7) is 4.08. The Morgan fingerprint density at radius 2 is 1.83 bits per heavy atom. The smallest absolute Gasteiger partial charge is 0.313 e. The van der Waals surface area contributed by atoms with Gasteiger partial charge in [0.1, 0.15) is 11.6 Å². The van der Waals surface area contributed by atoms with Gasteiger partial charge in [0.2, 0.25) is 0 Å². The van der Waals surface area contributed by atoms with Gasteiger partial charge < -0.3 is 15.7 Å². The Balaban J connectivity index is 2.67. The van der Waals surface area contributed by atoms with E-state index in [1.54, 1.807) is 0 Å². The van der Waals surface area contributed by atoms with Crippen LogP contribution in [0.25, 0.3) is 0 Å². The molecule has 0 spiro atoms. The number of amides is 2. The van der Waals surface area contributed by atoms with E-state index in [9.17, 15) is 18.4 Å². The molecular formula is C16H22F2N2O3. The second kappa shape index (κ2) is 8.57. The van der Waals surface area contributed by atoms with Gasteiger partial charge in [-0.15, -0.1) is 0 Å². The van der Waals surface area contributed by atoms with Crippen LogP contribution < -0.4 is 10.6 Å². The summed E-state index contributed by atoms with van der Waals surface area (Å²) < 4.78 is 26.5. The largest absolute Gasteiger partial charge is 0.396 e. The van der Waals surface area contributed by atoms with Crippen LogP contribution in [0.3, 0.4) is 0 Å². The summed E-state index contributed by atoms with van der Waals surface area (Å²) in [5, 5.41) is 13.6. The minimum atomic E-state index is -1.07. The first kappa shape index (κ1) is 19.0. The molecule has 3 N–H and O–H groups in total. The molecule has 1 aromatic rings. The minimum Gasteiger partial charge on any atom is -0.396 e. The summed E-state index contributed by atoms with van der Waals surface area (Å²) in [6.07, 6.45) is 1.95. The summed E-state index contributed by atoms with van der Waals surface area (Å²) in [5.74, 6) is -3.55. The molecule has 5 nitrogen and oxygen atoms in total. The number of nitrogens with one attached hydrogen (secondary N) is 2. The molecule has 0 aliphatic heterocycles. The van der Waals surface area contributed by atoms with Gasteiger partial charge in [0.05, 0.1) is 5.69 Å². The van der Waals surface area contributed by atoms with Gasteiger partial charge in [-0.05, 0) is 36.8 Å². The number of benzene rings is 1. The molecule has 128 valence electrons. The van der Waals surface area contributed by atoms with Gasteiger partial charge in [0, 0.05) is 19.2 Å². The zero-order chi connectivity index (χ0) is 17.5. The first-order chi connectivity index (χ1) is 10.9. The highest BCUT2D eigenvalue weighted by Gasteiger charge is 2.27. The van der Waals surface area contributed by atoms with Gasteiger partial charge >= 0.3 is 11.8 Å². The fraction of sp³-hybridized carbons (Fsp3) is 0.500. The monoisotopic (exact) mass is 328 g/mol. The lowest BCUT2D eigenvalue weighted by atomic mass is 9.79. The number of aliphatic hydroxyl groups is 1. The highest BCUT2D eigenvalue weighted by molar-refractivity contribution is 6.39. The predicted molar refractivity (Wildman–Crippen MR) is 82.7 cm³/mol. The zero-order valence-electron chi connectivity index (χ0n) is 13.3. The van der Waals surface area contributed by atoms with Gasteiger partial charge in [-0.25, -0.2) is 8.78 Å². The fourth-order valence-corrected chi connectivity index (χ4v) is 2.30. The van der Waals surface area contributed by atoms with Crippen LogP contribution in [-0.4, -0.2) is 30.1 Å². The summed E-state index contributed by atoms with van der Waals surface area (Å²) in [7, 11) is 0. The Labute approximate surface area is 134 Å². The molecule has 0 radical (unpaired) electrons. The Bertz CT molecular complexity index is 560. The van der Waals surface area contributed by atoms with Crippen LogP contribution in [-0.2, 0) is 9.59 Å². The molecule has 0 aliphatic carbocycles. The van der Waals surface area contributed by atoms with Crippen LogP contribution in [0.4, 0.5) is 14.5 Å². The fourth-order valence-electron chi connectivity index (χ4n) is 2.30. The van der Waals surface area contributed by atoms with E-state index in [1.807, 2.05) is 19.2 Å². The predicted octanol–water partition coefficient (Wildman–Crippen LogP) is 2.21. The van der Waals surface area contributed by atoms with Crippen molar-refractivity contribution in [2.75, 3.05) is 18.5 Å². The maximum absolute atomic E-state index is 13.4. The average Bonchev–Trinajstić information content (AvgIpc) is 2.54. The molecule has 0 saturated heterocycles. The van der Waals surface area contributed by atoms with Crippen molar-refractivity contribution < 1.29 is 23.5 Å². The lowest BCUT2D eigenvalue weighted by Gasteiger charge is -2.31. The molecular weight excluding hydrogens is 306 g/mol. The van der Waals surface area contributed by atoms with E-state index in [4.69, 9.17) is 5.11 Å². The van der Waals surface area contributed by atoms with Crippen LogP contribution >= 0.6 is 0 Å². The minimum absolute atomic E-state index is 0.0156. The van der Waals surface area contributed by atoms with E-state index in [0.717, 1.165) is 31.0 Å². The van der Waals surface area contributed by atoms with E-state index >= 15 is 0 Å². The lowest BCUT2D eigenvalue weighted by molar-refractivity contribution is -0.136. The third-order valence-electron chi connectivity index (χ3n) is 4.15. The summed E-state index contributed by atoms with van der Waals surface area (Å²) in [5.41, 5.74) is -0.688. The molecule has 0 unspecified atom stereocenters. The Hall–Kier alpha value is -2.02. The molecule has 1 aromatic carbocycles. The molecule has 0 aromatic heterocycles. The molecule has 0 aliphatic rings. The van der Waals surface area contributed by atoms with Crippen molar-refractivity contribution in [2.45, 2.75) is 33.1 Å². The van der Waals surface area contributed by atoms with Crippen molar-refractivity contribution in [3.05, 3.63) is 29.8 Å². The first-order valence-electron chi connectivity index (χ1n) is 7.52. The van der Waals surface area contributed by atoms with Gasteiger partial charge in [-0.3, -0.25) is 9.59 Å². The van der Waals surface area contributed by atoms with Gasteiger partial charge in [-0.2, -0.15) is 0 Å². The van der Waals surface area contributed by atoms with E-state index in [2.05, 4.69) is 5.32 Å². The number of hydrogen-bond acceptors (Lipinski definition) is 3. The van der Waals surface area contributed by atoms with Crippen LogP contribution in [0.1, 0.15) is 33.1 Å². The SMILES string of the molecule is CCC(CC)(CCO)CNC(=O)C(=O)Nc1cc(F)ccc1F. The zero-order valence-corrected chi connectivity index (χ0v) is 13.3. The molecule has 7 heteroatoms. The number of carbonyl (C=O) groups is 2. The van der Waals surface area contributed by atoms with Gasteiger partial charge in [0.25, 0.3) is 0 Å².